The van der Waals surface area contributed by atoms with Crippen molar-refractivity contribution in [3.63, 3.8) is 0 Å². The topological polar surface area (TPSA) is 21.6 Å². The molecular formula is C13H10FNOS. The monoisotopic (exact) mass is 247 g/mol. The van der Waals surface area contributed by atoms with Crippen molar-refractivity contribution < 1.29 is 9.23 Å². The second-order valence-corrected chi connectivity index (χ2v) is 4.68. The normalized spacial score (nSPS) is 18.9. The molecule has 3 rings (SSSR count). The van der Waals surface area contributed by atoms with Gasteiger partial charge in [-0.15, -0.1) is 0 Å². The van der Waals surface area contributed by atoms with E-state index in [0.29, 0.717) is 0 Å². The van der Waals surface area contributed by atoms with Gasteiger partial charge in [-0.25, -0.2) is 4.39 Å². The van der Waals surface area contributed by atoms with Crippen molar-refractivity contribution in [3.05, 3.63) is 58.0 Å². The maximum atomic E-state index is 12.8. The molecule has 86 valence electrons. The summed E-state index contributed by atoms with van der Waals surface area (Å²) in [6.45, 7) is 0. The minimum Gasteiger partial charge on any atom is -0.387 e. The van der Waals surface area contributed by atoms with Crippen molar-refractivity contribution in [2.24, 2.45) is 5.16 Å². The molecule has 2 nitrogen and oxygen atoms in total. The van der Waals surface area contributed by atoms with Crippen molar-refractivity contribution >= 4 is 17.0 Å². The first kappa shape index (κ1) is 10.5. The lowest BCUT2D eigenvalue weighted by Crippen LogP contribution is -2.00. The van der Waals surface area contributed by atoms with Crippen molar-refractivity contribution in [2.45, 2.75) is 12.5 Å². The van der Waals surface area contributed by atoms with E-state index >= 15 is 0 Å². The molecule has 0 aliphatic carbocycles. The van der Waals surface area contributed by atoms with Crippen molar-refractivity contribution in [1.29, 1.82) is 0 Å². The lowest BCUT2D eigenvalue weighted by atomic mass is 10.0. The average molecular weight is 247 g/mol. The Morgan fingerprint density at radius 3 is 2.76 bits per heavy atom. The Bertz CT molecular complexity index is 533. The number of oxime groups is 1. The van der Waals surface area contributed by atoms with Gasteiger partial charge in [-0.05, 0) is 34.5 Å². The van der Waals surface area contributed by atoms with E-state index in [4.69, 9.17) is 4.84 Å². The zero-order chi connectivity index (χ0) is 11.7. The highest BCUT2D eigenvalue weighted by molar-refractivity contribution is 7.07. The quantitative estimate of drug-likeness (QED) is 0.792. The molecule has 0 N–H and O–H groups in total. The van der Waals surface area contributed by atoms with Crippen LogP contribution in [0.3, 0.4) is 0 Å². The van der Waals surface area contributed by atoms with Crippen LogP contribution in [0.2, 0.25) is 0 Å². The number of benzene rings is 1. The van der Waals surface area contributed by atoms with Crippen LogP contribution in [0.25, 0.3) is 0 Å². The van der Waals surface area contributed by atoms with Gasteiger partial charge in [-0.1, -0.05) is 17.3 Å². The Hall–Kier alpha value is -1.68. The highest BCUT2D eigenvalue weighted by Crippen LogP contribution is 2.30. The molecule has 2 heterocycles. The van der Waals surface area contributed by atoms with Gasteiger partial charge in [0.25, 0.3) is 0 Å². The van der Waals surface area contributed by atoms with Crippen molar-refractivity contribution in [3.8, 4) is 0 Å². The molecule has 0 fully saturated rings. The zero-order valence-corrected chi connectivity index (χ0v) is 9.78. The predicted octanol–water partition coefficient (Wildman–Crippen LogP) is 3.75. The second kappa shape index (κ2) is 4.30. The fourth-order valence-electron chi connectivity index (χ4n) is 1.83. The summed E-state index contributed by atoms with van der Waals surface area (Å²) in [5.74, 6) is -0.234. The van der Waals surface area contributed by atoms with Crippen LogP contribution in [-0.4, -0.2) is 5.71 Å². The van der Waals surface area contributed by atoms with Crippen LogP contribution in [-0.2, 0) is 4.84 Å². The molecule has 1 aliphatic heterocycles. The van der Waals surface area contributed by atoms with E-state index in [0.717, 1.165) is 23.3 Å². The third-order valence-corrected chi connectivity index (χ3v) is 3.46. The van der Waals surface area contributed by atoms with E-state index in [9.17, 15) is 4.39 Å². The fourth-order valence-corrected chi connectivity index (χ4v) is 2.53. The highest BCUT2D eigenvalue weighted by atomic mass is 32.1. The number of thiophene rings is 1. The summed E-state index contributed by atoms with van der Waals surface area (Å²) in [5, 5.41) is 8.16. The molecule has 1 unspecified atom stereocenters. The van der Waals surface area contributed by atoms with Crippen LogP contribution in [0.1, 0.15) is 23.7 Å². The summed E-state index contributed by atoms with van der Waals surface area (Å²) in [4.78, 5) is 5.40. The number of nitrogens with zero attached hydrogens (tertiary/aromatic N) is 1. The molecule has 0 bridgehead atoms. The van der Waals surface area contributed by atoms with Crippen LogP contribution in [0.15, 0.2) is 46.2 Å². The average Bonchev–Trinajstić information content (AvgIpc) is 3.00. The molecule has 0 spiro atoms. The molecule has 1 aromatic heterocycles. The van der Waals surface area contributed by atoms with Gasteiger partial charge in [0.05, 0.1) is 5.71 Å². The Morgan fingerprint density at radius 1 is 1.24 bits per heavy atom. The van der Waals surface area contributed by atoms with Gasteiger partial charge in [0.2, 0.25) is 0 Å². The maximum absolute atomic E-state index is 12.8. The molecule has 0 amide bonds. The lowest BCUT2D eigenvalue weighted by molar-refractivity contribution is 0.0860. The molecule has 1 aromatic carbocycles. The summed E-state index contributed by atoms with van der Waals surface area (Å²) >= 11 is 1.64. The van der Waals surface area contributed by atoms with Gasteiger partial charge >= 0.3 is 0 Å². The number of hydrogen-bond donors (Lipinski definition) is 0. The number of halogens is 1. The van der Waals surface area contributed by atoms with Gasteiger partial charge in [0, 0.05) is 12.0 Å². The Labute approximate surface area is 102 Å². The maximum Gasteiger partial charge on any atom is 0.159 e. The summed E-state index contributed by atoms with van der Waals surface area (Å²) in [6, 6.07) is 8.38. The van der Waals surface area contributed by atoms with E-state index in [1.54, 1.807) is 23.5 Å². The Kier molecular flexibility index (Phi) is 2.65. The lowest BCUT2D eigenvalue weighted by Gasteiger charge is -2.04. The molecule has 0 radical (unpaired) electrons. The fraction of sp³-hybridized carbons (Fsp3) is 0.154. The van der Waals surface area contributed by atoms with Crippen LogP contribution in [0.4, 0.5) is 4.39 Å². The number of hydrogen-bond acceptors (Lipinski definition) is 3. The molecule has 4 heteroatoms. The van der Waals surface area contributed by atoms with E-state index in [2.05, 4.69) is 10.5 Å². The van der Waals surface area contributed by atoms with E-state index in [1.165, 1.54) is 12.1 Å². The molecule has 2 aromatic rings. The van der Waals surface area contributed by atoms with Crippen LogP contribution >= 0.6 is 11.3 Å². The Balaban J connectivity index is 1.77. The predicted molar refractivity (Wildman–Crippen MR) is 65.7 cm³/mol. The second-order valence-electron chi connectivity index (χ2n) is 3.90. The van der Waals surface area contributed by atoms with Gasteiger partial charge in [-0.3, -0.25) is 0 Å². The zero-order valence-electron chi connectivity index (χ0n) is 8.97. The molecule has 1 aliphatic rings. The van der Waals surface area contributed by atoms with E-state index in [-0.39, 0.29) is 11.9 Å². The molecular weight excluding hydrogens is 237 g/mol. The summed E-state index contributed by atoms with van der Waals surface area (Å²) < 4.78 is 12.8. The van der Waals surface area contributed by atoms with Gasteiger partial charge in [0.15, 0.2) is 6.10 Å². The largest absolute Gasteiger partial charge is 0.387 e. The third kappa shape index (κ3) is 2.08. The molecule has 1 atom stereocenters. The van der Waals surface area contributed by atoms with Gasteiger partial charge in [-0.2, -0.15) is 11.3 Å². The van der Waals surface area contributed by atoms with E-state index < -0.39 is 0 Å². The first-order valence-electron chi connectivity index (χ1n) is 5.33. The minimum atomic E-state index is -0.234. The van der Waals surface area contributed by atoms with Crippen LogP contribution in [0.5, 0.6) is 0 Å². The van der Waals surface area contributed by atoms with Crippen molar-refractivity contribution in [1.82, 2.24) is 0 Å². The third-order valence-electron chi connectivity index (χ3n) is 2.76. The summed E-state index contributed by atoms with van der Waals surface area (Å²) in [7, 11) is 0. The standard InChI is InChI=1S/C13H10FNOS/c14-11-3-1-9(2-4-11)12-7-13(16-15-12)10-5-6-17-8-10/h1-6,8,13H,7H2. The highest BCUT2D eigenvalue weighted by Gasteiger charge is 2.23. The first-order chi connectivity index (χ1) is 8.33. The van der Waals surface area contributed by atoms with Gasteiger partial charge < -0.3 is 4.84 Å². The summed E-state index contributed by atoms with van der Waals surface area (Å²) in [5.41, 5.74) is 2.95. The minimum absolute atomic E-state index is 0.00121. The van der Waals surface area contributed by atoms with Gasteiger partial charge in [0.1, 0.15) is 5.82 Å². The SMILES string of the molecule is Fc1ccc(C2=NOC(c3ccsc3)C2)cc1. The van der Waals surface area contributed by atoms with Crippen LogP contribution in [0, 0.1) is 5.82 Å². The molecule has 0 saturated heterocycles. The Morgan fingerprint density at radius 2 is 2.06 bits per heavy atom. The number of rotatable bonds is 2. The first-order valence-corrected chi connectivity index (χ1v) is 6.28. The van der Waals surface area contributed by atoms with Crippen molar-refractivity contribution in [2.75, 3.05) is 0 Å². The molecule has 0 saturated carbocycles. The van der Waals surface area contributed by atoms with Crippen LogP contribution < -0.4 is 0 Å². The smallest absolute Gasteiger partial charge is 0.159 e. The van der Waals surface area contributed by atoms with E-state index in [1.807, 2.05) is 11.4 Å². The summed E-state index contributed by atoms with van der Waals surface area (Å²) in [6.07, 6.45) is 0.740. The molecule has 17 heavy (non-hydrogen) atoms.